The lowest BCUT2D eigenvalue weighted by Crippen LogP contribution is -2.35. The van der Waals surface area contributed by atoms with Gasteiger partial charge in [-0.1, -0.05) is 24.3 Å². The molecule has 0 aliphatic carbocycles. The van der Waals surface area contributed by atoms with Gasteiger partial charge in [-0.3, -0.25) is 9.59 Å². The van der Waals surface area contributed by atoms with E-state index in [2.05, 4.69) is 21.2 Å². The van der Waals surface area contributed by atoms with Crippen LogP contribution in [0.5, 0.6) is 0 Å². The van der Waals surface area contributed by atoms with Crippen LogP contribution in [0.25, 0.3) is 0 Å². The van der Waals surface area contributed by atoms with Crippen LogP contribution in [0.15, 0.2) is 46.9 Å². The molecule has 4 nitrogen and oxygen atoms in total. The molecule has 1 aliphatic rings. The van der Waals surface area contributed by atoms with E-state index < -0.39 is 6.04 Å². The Morgan fingerprint density at radius 1 is 1.13 bits per heavy atom. The van der Waals surface area contributed by atoms with Gasteiger partial charge in [0.05, 0.1) is 12.1 Å². The molecular formula is C18H17BrN2O2. The number of amides is 2. The number of para-hydroxylation sites is 1. The lowest BCUT2D eigenvalue weighted by Gasteiger charge is -2.18. The van der Waals surface area contributed by atoms with Crippen LogP contribution in [-0.4, -0.2) is 17.9 Å². The van der Waals surface area contributed by atoms with Gasteiger partial charge in [-0.2, -0.15) is 0 Å². The number of carbonyl (C=O) groups excluding carboxylic acids is 2. The summed E-state index contributed by atoms with van der Waals surface area (Å²) in [5, 5.41) is 3.22. The van der Waals surface area contributed by atoms with E-state index in [1.807, 2.05) is 50.2 Å². The maximum Gasteiger partial charge on any atom is 0.256 e. The minimum absolute atomic E-state index is 0.160. The Balaban J connectivity index is 1.87. The minimum Gasteiger partial charge on any atom is -0.373 e. The van der Waals surface area contributed by atoms with Crippen LogP contribution in [0.1, 0.15) is 17.5 Å². The number of benzene rings is 2. The summed E-state index contributed by atoms with van der Waals surface area (Å²) in [6.07, 6.45) is 0.160. The molecule has 1 atom stereocenters. The summed E-state index contributed by atoms with van der Waals surface area (Å²) in [5.74, 6) is -0.410. The minimum atomic E-state index is -0.532. The summed E-state index contributed by atoms with van der Waals surface area (Å²) in [4.78, 5) is 26.3. The highest BCUT2D eigenvalue weighted by Gasteiger charge is 2.40. The van der Waals surface area contributed by atoms with Crippen LogP contribution in [-0.2, 0) is 9.59 Å². The third-order valence-electron chi connectivity index (χ3n) is 3.96. The van der Waals surface area contributed by atoms with Gasteiger partial charge in [0.2, 0.25) is 5.91 Å². The SMILES string of the molecule is Cc1ccc(C)c(N[C@@H]2CC(=O)N(c3ccccc3Br)C2=O)c1. The first-order valence-corrected chi connectivity index (χ1v) is 8.22. The number of carbonyl (C=O) groups is 2. The van der Waals surface area contributed by atoms with Crippen molar-refractivity contribution in [1.29, 1.82) is 0 Å². The van der Waals surface area contributed by atoms with Gasteiger partial charge in [-0.15, -0.1) is 0 Å². The standard InChI is InChI=1S/C18H17BrN2O2/c1-11-7-8-12(2)14(9-11)20-15-10-17(22)21(18(15)23)16-6-4-3-5-13(16)19/h3-9,15,20H,10H2,1-2H3/t15-/m1/s1. The zero-order valence-electron chi connectivity index (χ0n) is 13.0. The molecule has 0 saturated carbocycles. The van der Waals surface area contributed by atoms with Crippen molar-refractivity contribution in [3.05, 3.63) is 58.1 Å². The molecule has 2 aromatic carbocycles. The number of aryl methyl sites for hydroxylation is 2. The van der Waals surface area contributed by atoms with Gasteiger partial charge in [0, 0.05) is 10.2 Å². The molecule has 0 bridgehead atoms. The Bertz CT molecular complexity index is 788. The van der Waals surface area contributed by atoms with Gasteiger partial charge < -0.3 is 5.32 Å². The van der Waals surface area contributed by atoms with E-state index in [-0.39, 0.29) is 18.2 Å². The number of nitrogens with one attached hydrogen (secondary N) is 1. The molecule has 23 heavy (non-hydrogen) atoms. The Hall–Kier alpha value is -2.14. The zero-order valence-corrected chi connectivity index (χ0v) is 14.6. The van der Waals surface area contributed by atoms with Crippen LogP contribution in [0, 0.1) is 13.8 Å². The van der Waals surface area contributed by atoms with Gasteiger partial charge >= 0.3 is 0 Å². The Morgan fingerprint density at radius 2 is 1.87 bits per heavy atom. The molecule has 1 N–H and O–H groups in total. The number of hydrogen-bond donors (Lipinski definition) is 1. The van der Waals surface area contributed by atoms with E-state index in [1.54, 1.807) is 6.07 Å². The number of rotatable bonds is 3. The average Bonchev–Trinajstić information content (AvgIpc) is 2.78. The molecule has 118 valence electrons. The number of anilines is 2. The number of imide groups is 1. The van der Waals surface area contributed by atoms with E-state index in [0.29, 0.717) is 5.69 Å². The summed E-state index contributed by atoms with van der Waals surface area (Å²) >= 11 is 3.40. The van der Waals surface area contributed by atoms with Crippen LogP contribution in [0.2, 0.25) is 0 Å². The second-order valence-electron chi connectivity index (χ2n) is 5.74. The second kappa shape index (κ2) is 6.16. The van der Waals surface area contributed by atoms with Gasteiger partial charge in [-0.25, -0.2) is 4.90 Å². The fraction of sp³-hybridized carbons (Fsp3) is 0.222. The van der Waals surface area contributed by atoms with Crippen molar-refractivity contribution >= 4 is 39.1 Å². The molecule has 3 rings (SSSR count). The van der Waals surface area contributed by atoms with E-state index in [4.69, 9.17) is 0 Å². The van der Waals surface area contributed by atoms with E-state index >= 15 is 0 Å². The molecule has 2 aromatic rings. The highest BCUT2D eigenvalue weighted by Crippen LogP contribution is 2.31. The van der Waals surface area contributed by atoms with Crippen LogP contribution in [0.3, 0.4) is 0 Å². The number of halogens is 1. The van der Waals surface area contributed by atoms with Gasteiger partial charge in [0.1, 0.15) is 6.04 Å². The van der Waals surface area contributed by atoms with Crippen molar-refractivity contribution in [2.24, 2.45) is 0 Å². The lowest BCUT2D eigenvalue weighted by molar-refractivity contribution is -0.121. The number of nitrogens with zero attached hydrogens (tertiary/aromatic N) is 1. The molecule has 0 unspecified atom stereocenters. The predicted molar refractivity (Wildman–Crippen MR) is 94.6 cm³/mol. The topological polar surface area (TPSA) is 49.4 Å². The van der Waals surface area contributed by atoms with Crippen molar-refractivity contribution in [2.45, 2.75) is 26.3 Å². The Morgan fingerprint density at radius 3 is 2.61 bits per heavy atom. The molecule has 0 radical (unpaired) electrons. The van der Waals surface area contributed by atoms with Crippen molar-refractivity contribution in [1.82, 2.24) is 0 Å². The molecule has 5 heteroatoms. The molecule has 1 aliphatic heterocycles. The van der Waals surface area contributed by atoms with Crippen molar-refractivity contribution < 1.29 is 9.59 Å². The third kappa shape index (κ3) is 3.01. The van der Waals surface area contributed by atoms with Crippen molar-refractivity contribution in [2.75, 3.05) is 10.2 Å². The fourth-order valence-electron chi connectivity index (χ4n) is 2.71. The monoisotopic (exact) mass is 372 g/mol. The maximum atomic E-state index is 12.7. The summed E-state index contributed by atoms with van der Waals surface area (Å²) in [6.45, 7) is 3.98. The first kappa shape index (κ1) is 15.7. The van der Waals surface area contributed by atoms with E-state index in [9.17, 15) is 9.59 Å². The molecule has 1 heterocycles. The molecular weight excluding hydrogens is 356 g/mol. The maximum absolute atomic E-state index is 12.7. The molecule has 1 saturated heterocycles. The normalized spacial score (nSPS) is 17.7. The Kier molecular flexibility index (Phi) is 4.22. The van der Waals surface area contributed by atoms with Gasteiger partial charge in [0.25, 0.3) is 5.91 Å². The summed E-state index contributed by atoms with van der Waals surface area (Å²) in [6, 6.07) is 12.7. The molecule has 1 fully saturated rings. The second-order valence-corrected chi connectivity index (χ2v) is 6.59. The van der Waals surface area contributed by atoms with Crippen molar-refractivity contribution in [3.63, 3.8) is 0 Å². The lowest BCUT2D eigenvalue weighted by atomic mass is 10.1. The summed E-state index contributed by atoms with van der Waals surface area (Å²) < 4.78 is 0.731. The van der Waals surface area contributed by atoms with Crippen LogP contribution < -0.4 is 10.2 Å². The highest BCUT2D eigenvalue weighted by molar-refractivity contribution is 9.10. The molecule has 0 spiro atoms. The summed E-state index contributed by atoms with van der Waals surface area (Å²) in [5.41, 5.74) is 3.64. The Labute approximate surface area is 143 Å². The third-order valence-corrected chi connectivity index (χ3v) is 4.63. The first-order valence-electron chi connectivity index (χ1n) is 7.42. The van der Waals surface area contributed by atoms with E-state index in [0.717, 1.165) is 21.3 Å². The summed E-state index contributed by atoms with van der Waals surface area (Å²) in [7, 11) is 0. The molecule has 0 aromatic heterocycles. The quantitative estimate of drug-likeness (QED) is 0.833. The largest absolute Gasteiger partial charge is 0.373 e. The smallest absolute Gasteiger partial charge is 0.256 e. The fourth-order valence-corrected chi connectivity index (χ4v) is 3.17. The zero-order chi connectivity index (χ0) is 16.6. The predicted octanol–water partition coefficient (Wildman–Crippen LogP) is 3.81. The van der Waals surface area contributed by atoms with Crippen LogP contribution >= 0.6 is 15.9 Å². The highest BCUT2D eigenvalue weighted by atomic mass is 79.9. The molecule has 2 amide bonds. The van der Waals surface area contributed by atoms with Crippen LogP contribution in [0.4, 0.5) is 11.4 Å². The first-order chi connectivity index (χ1) is 11.0. The van der Waals surface area contributed by atoms with Gasteiger partial charge in [0.15, 0.2) is 0 Å². The average molecular weight is 373 g/mol. The number of hydrogen-bond acceptors (Lipinski definition) is 3. The van der Waals surface area contributed by atoms with E-state index in [1.165, 1.54) is 4.90 Å². The van der Waals surface area contributed by atoms with Gasteiger partial charge in [-0.05, 0) is 59.1 Å². The van der Waals surface area contributed by atoms with Crippen molar-refractivity contribution in [3.8, 4) is 0 Å².